The smallest absolute Gasteiger partial charge is 0.283 e. The van der Waals surface area contributed by atoms with Crippen LogP contribution in [0.5, 0.6) is 0 Å². The monoisotopic (exact) mass is 275 g/mol. The van der Waals surface area contributed by atoms with E-state index in [1.807, 2.05) is 0 Å². The Morgan fingerprint density at radius 3 is 2.75 bits per heavy atom. The number of nitro groups is 1. The van der Waals surface area contributed by atoms with Crippen LogP contribution >= 0.6 is 0 Å². The molecule has 0 saturated heterocycles. The molecule has 8 heteroatoms. The number of non-ortho nitro benzene ring substituents is 1. The molecule has 0 spiro atoms. The lowest BCUT2D eigenvalue weighted by molar-refractivity contribution is -0.384. The molecule has 0 radical (unpaired) electrons. The second-order valence-corrected chi connectivity index (χ2v) is 4.21. The molecule has 0 saturated carbocycles. The molecule has 20 heavy (non-hydrogen) atoms. The number of aromatic nitrogens is 2. The molecule has 1 unspecified atom stereocenters. The Hall–Kier alpha value is -2.74. The number of furan rings is 1. The Kier molecular flexibility index (Phi) is 2.72. The second kappa shape index (κ2) is 4.42. The maximum Gasteiger partial charge on any atom is 0.283 e. The minimum atomic E-state index is -0.873. The number of aliphatic hydroxyl groups excluding tert-OH is 1. The molecular weight excluding hydrogens is 266 g/mol. The molecule has 0 aliphatic carbocycles. The van der Waals surface area contributed by atoms with E-state index in [9.17, 15) is 15.2 Å². The maximum absolute atomic E-state index is 10.7. The zero-order chi connectivity index (χ0) is 14.3. The van der Waals surface area contributed by atoms with E-state index in [2.05, 4.69) is 10.2 Å². The highest BCUT2D eigenvalue weighted by atomic mass is 16.6. The van der Waals surface area contributed by atoms with Gasteiger partial charge in [-0.25, -0.2) is 0 Å². The van der Waals surface area contributed by atoms with E-state index >= 15 is 0 Å². The van der Waals surface area contributed by atoms with Crippen LogP contribution in [0, 0.1) is 10.1 Å². The third-order valence-electron chi connectivity index (χ3n) is 2.72. The van der Waals surface area contributed by atoms with Gasteiger partial charge in [-0.05, 0) is 19.1 Å². The molecule has 8 nitrogen and oxygen atoms in total. The zero-order valence-electron chi connectivity index (χ0n) is 10.3. The van der Waals surface area contributed by atoms with Crippen LogP contribution in [0.15, 0.2) is 33.1 Å². The average Bonchev–Trinajstić information content (AvgIpc) is 3.04. The van der Waals surface area contributed by atoms with E-state index in [1.54, 1.807) is 6.07 Å². The highest BCUT2D eigenvalue weighted by Gasteiger charge is 2.17. The number of aliphatic hydroxyl groups is 1. The molecule has 0 aliphatic heterocycles. The average molecular weight is 275 g/mol. The lowest BCUT2D eigenvalue weighted by Crippen LogP contribution is -1.89. The van der Waals surface area contributed by atoms with E-state index < -0.39 is 11.0 Å². The van der Waals surface area contributed by atoms with Crippen molar-refractivity contribution in [3.8, 4) is 11.7 Å². The molecule has 0 aliphatic rings. The van der Waals surface area contributed by atoms with Crippen LogP contribution in [0.3, 0.4) is 0 Å². The molecule has 1 N–H and O–H groups in total. The number of hydrogen-bond donors (Lipinski definition) is 1. The van der Waals surface area contributed by atoms with Crippen molar-refractivity contribution in [3.63, 3.8) is 0 Å². The van der Waals surface area contributed by atoms with Gasteiger partial charge in [0.25, 0.3) is 11.6 Å². The summed E-state index contributed by atoms with van der Waals surface area (Å²) in [5.41, 5.74) is 0.447. The van der Waals surface area contributed by atoms with Crippen LogP contribution in [-0.2, 0) is 0 Å². The highest BCUT2D eigenvalue weighted by Crippen LogP contribution is 2.30. The fourth-order valence-electron chi connectivity index (χ4n) is 1.75. The van der Waals surface area contributed by atoms with Crippen molar-refractivity contribution in [1.82, 2.24) is 10.2 Å². The lowest BCUT2D eigenvalue weighted by Gasteiger charge is -1.92. The summed E-state index contributed by atoms with van der Waals surface area (Å²) >= 11 is 0. The Balaban J connectivity index is 2.05. The maximum atomic E-state index is 10.7. The summed E-state index contributed by atoms with van der Waals surface area (Å²) in [7, 11) is 0. The van der Waals surface area contributed by atoms with E-state index in [4.69, 9.17) is 8.83 Å². The first-order valence-corrected chi connectivity index (χ1v) is 5.74. The number of fused-ring (bicyclic) bond motifs is 1. The van der Waals surface area contributed by atoms with Crippen LogP contribution in [-0.4, -0.2) is 20.2 Å². The van der Waals surface area contributed by atoms with Crippen molar-refractivity contribution in [2.75, 3.05) is 0 Å². The van der Waals surface area contributed by atoms with Crippen molar-refractivity contribution in [2.24, 2.45) is 0 Å². The van der Waals surface area contributed by atoms with Crippen LogP contribution in [0.4, 0.5) is 5.69 Å². The van der Waals surface area contributed by atoms with Crippen LogP contribution < -0.4 is 0 Å². The van der Waals surface area contributed by atoms with Crippen LogP contribution in [0.2, 0.25) is 0 Å². The third-order valence-corrected chi connectivity index (χ3v) is 2.72. The van der Waals surface area contributed by atoms with Crippen LogP contribution in [0.25, 0.3) is 22.6 Å². The molecule has 3 rings (SSSR count). The highest BCUT2D eigenvalue weighted by molar-refractivity contribution is 5.83. The zero-order valence-corrected chi connectivity index (χ0v) is 10.3. The van der Waals surface area contributed by atoms with Crippen molar-refractivity contribution in [1.29, 1.82) is 0 Å². The fourth-order valence-corrected chi connectivity index (χ4v) is 1.75. The van der Waals surface area contributed by atoms with Crippen molar-refractivity contribution >= 4 is 16.7 Å². The molecule has 0 bridgehead atoms. The summed E-state index contributed by atoms with van der Waals surface area (Å²) in [6.07, 6.45) is -0.873. The van der Waals surface area contributed by atoms with Crippen molar-refractivity contribution in [3.05, 3.63) is 40.3 Å². The first-order valence-electron chi connectivity index (χ1n) is 5.74. The van der Waals surface area contributed by atoms with Gasteiger partial charge < -0.3 is 13.9 Å². The number of hydrogen-bond acceptors (Lipinski definition) is 7. The first-order chi connectivity index (χ1) is 9.54. The number of nitrogens with zero attached hydrogens (tertiary/aromatic N) is 3. The fraction of sp³-hybridized carbons (Fsp3) is 0.167. The summed E-state index contributed by atoms with van der Waals surface area (Å²) in [6.45, 7) is 1.50. The van der Waals surface area contributed by atoms with Crippen molar-refractivity contribution < 1.29 is 18.9 Å². The lowest BCUT2D eigenvalue weighted by atomic mass is 10.2. The van der Waals surface area contributed by atoms with Gasteiger partial charge in [-0.15, -0.1) is 10.2 Å². The molecule has 0 amide bonds. The number of benzene rings is 1. The predicted molar refractivity (Wildman–Crippen MR) is 66.8 cm³/mol. The molecule has 2 aromatic heterocycles. The molecule has 3 aromatic rings. The van der Waals surface area contributed by atoms with Gasteiger partial charge in [0.1, 0.15) is 11.7 Å². The Morgan fingerprint density at radius 2 is 2.10 bits per heavy atom. The Morgan fingerprint density at radius 1 is 1.30 bits per heavy atom. The normalized spacial score (nSPS) is 12.7. The van der Waals surface area contributed by atoms with Gasteiger partial charge in [-0.2, -0.15) is 0 Å². The second-order valence-electron chi connectivity index (χ2n) is 4.21. The molecule has 102 valence electrons. The van der Waals surface area contributed by atoms with Crippen molar-refractivity contribution in [2.45, 2.75) is 13.0 Å². The van der Waals surface area contributed by atoms with Gasteiger partial charge in [-0.1, -0.05) is 0 Å². The minimum Gasteiger partial charge on any atom is -0.451 e. The molecule has 2 heterocycles. The van der Waals surface area contributed by atoms with Gasteiger partial charge in [0.2, 0.25) is 5.89 Å². The van der Waals surface area contributed by atoms with E-state index in [0.717, 1.165) is 0 Å². The molecular formula is C12H9N3O5. The van der Waals surface area contributed by atoms with Gasteiger partial charge in [0.15, 0.2) is 5.76 Å². The minimum absolute atomic E-state index is 0.0277. The van der Waals surface area contributed by atoms with Gasteiger partial charge in [0.05, 0.1) is 4.92 Å². The third kappa shape index (κ3) is 2.01. The Labute approximate surface area is 111 Å². The quantitative estimate of drug-likeness (QED) is 0.576. The molecule has 0 fully saturated rings. The number of nitro benzene ring substituents is 1. The number of rotatable bonds is 3. The van der Waals surface area contributed by atoms with Gasteiger partial charge in [-0.3, -0.25) is 10.1 Å². The largest absolute Gasteiger partial charge is 0.451 e. The summed E-state index contributed by atoms with van der Waals surface area (Å²) in [5, 5.41) is 28.0. The molecule has 1 atom stereocenters. The Bertz CT molecular complexity index is 789. The molecule has 1 aromatic carbocycles. The van der Waals surface area contributed by atoms with E-state index in [-0.39, 0.29) is 17.5 Å². The van der Waals surface area contributed by atoms with Crippen LogP contribution in [0.1, 0.15) is 18.9 Å². The topological polar surface area (TPSA) is 115 Å². The summed E-state index contributed by atoms with van der Waals surface area (Å²) in [4.78, 5) is 10.2. The predicted octanol–water partition coefficient (Wildman–Crippen LogP) is 2.44. The van der Waals surface area contributed by atoms with E-state index in [0.29, 0.717) is 16.7 Å². The standard InChI is InChI=1S/C12H9N3O5/c1-6(16)11-13-14-12(20-11)10-5-7-4-8(15(17)18)2-3-9(7)19-10/h2-6,16H,1H3. The summed E-state index contributed by atoms with van der Waals surface area (Å²) in [5.74, 6) is 0.478. The van der Waals surface area contributed by atoms with Gasteiger partial charge in [0, 0.05) is 17.5 Å². The van der Waals surface area contributed by atoms with E-state index in [1.165, 1.54) is 25.1 Å². The SMILES string of the molecule is CC(O)c1nnc(-c2cc3cc([N+](=O)[O-])ccc3o2)o1. The van der Waals surface area contributed by atoms with Gasteiger partial charge >= 0.3 is 0 Å². The summed E-state index contributed by atoms with van der Waals surface area (Å²) < 4.78 is 10.7. The summed E-state index contributed by atoms with van der Waals surface area (Å²) in [6, 6.07) is 5.82. The first kappa shape index (κ1) is 12.3.